The molecule has 0 heterocycles. The summed E-state index contributed by atoms with van der Waals surface area (Å²) >= 11 is 0. The number of primary sulfonamides is 1. The van der Waals surface area contributed by atoms with Crippen LogP contribution in [0.3, 0.4) is 0 Å². The van der Waals surface area contributed by atoms with E-state index in [1.807, 2.05) is 13.0 Å². The zero-order chi connectivity index (χ0) is 15.9. The lowest BCUT2D eigenvalue weighted by molar-refractivity contribution is 0.284. The minimum Gasteiger partial charge on any atom is -0.309 e. The predicted octanol–water partition coefficient (Wildman–Crippen LogP) is 1.72. The first-order valence-electron chi connectivity index (χ1n) is 7.47. The van der Waals surface area contributed by atoms with E-state index < -0.39 is 10.0 Å². The molecule has 0 amide bonds. The van der Waals surface area contributed by atoms with Crippen molar-refractivity contribution in [2.75, 3.05) is 26.2 Å². The molecule has 0 spiro atoms. The third-order valence-corrected chi connectivity index (χ3v) is 4.46. The van der Waals surface area contributed by atoms with Gasteiger partial charge in [-0.15, -0.1) is 0 Å². The highest BCUT2D eigenvalue weighted by Gasteiger charge is 2.11. The lowest BCUT2D eigenvalue weighted by Crippen LogP contribution is -2.33. The second kappa shape index (κ2) is 8.48. The molecule has 21 heavy (non-hydrogen) atoms. The van der Waals surface area contributed by atoms with Crippen molar-refractivity contribution >= 4 is 10.0 Å². The summed E-state index contributed by atoms with van der Waals surface area (Å²) in [5.74, 6) is 0. The normalized spacial score (nSPS) is 13.6. The molecule has 120 valence electrons. The molecule has 0 aromatic heterocycles. The van der Waals surface area contributed by atoms with E-state index in [2.05, 4.69) is 24.1 Å². The van der Waals surface area contributed by atoms with Crippen molar-refractivity contribution in [3.05, 3.63) is 29.8 Å². The molecular formula is C15H27N3O2S. The van der Waals surface area contributed by atoms with E-state index in [1.54, 1.807) is 12.1 Å². The first kappa shape index (κ1) is 18.1. The topological polar surface area (TPSA) is 75.4 Å². The highest BCUT2D eigenvalue weighted by Crippen LogP contribution is 2.16. The van der Waals surface area contributed by atoms with Crippen molar-refractivity contribution in [2.45, 2.75) is 38.1 Å². The first-order valence-corrected chi connectivity index (χ1v) is 9.01. The quantitative estimate of drug-likeness (QED) is 0.728. The standard InChI is InChI=1S/C15H27N3O2S/c1-4-10-18(5-2)11-9-17-13(3)14-7-6-8-15(12-14)21(16,19)20/h6-8,12-13,17H,4-5,9-11H2,1-3H3,(H2,16,19,20). The maximum atomic E-state index is 11.4. The van der Waals surface area contributed by atoms with Crippen LogP contribution in [-0.2, 0) is 10.0 Å². The fraction of sp³-hybridized carbons (Fsp3) is 0.600. The molecule has 1 aromatic rings. The van der Waals surface area contributed by atoms with Crippen LogP contribution in [0.4, 0.5) is 0 Å². The van der Waals surface area contributed by atoms with E-state index in [0.29, 0.717) is 0 Å². The molecule has 1 aromatic carbocycles. The van der Waals surface area contributed by atoms with Crippen LogP contribution in [0.5, 0.6) is 0 Å². The molecule has 0 fully saturated rings. The van der Waals surface area contributed by atoms with Crippen LogP contribution in [0.15, 0.2) is 29.2 Å². The molecule has 0 saturated heterocycles. The van der Waals surface area contributed by atoms with Crippen molar-refractivity contribution in [3.63, 3.8) is 0 Å². The minimum absolute atomic E-state index is 0.0898. The van der Waals surface area contributed by atoms with Crippen LogP contribution < -0.4 is 10.5 Å². The molecule has 0 saturated carbocycles. The number of sulfonamides is 1. The summed E-state index contributed by atoms with van der Waals surface area (Å²) in [6, 6.07) is 6.88. The van der Waals surface area contributed by atoms with Gasteiger partial charge in [-0.05, 0) is 44.1 Å². The Kier molecular flexibility index (Phi) is 7.31. The Morgan fingerprint density at radius 2 is 2.00 bits per heavy atom. The number of likely N-dealkylation sites (N-methyl/N-ethyl adjacent to an activating group) is 1. The van der Waals surface area contributed by atoms with Crippen molar-refractivity contribution in [1.29, 1.82) is 0 Å². The lowest BCUT2D eigenvalue weighted by Gasteiger charge is -2.21. The van der Waals surface area contributed by atoms with Gasteiger partial charge >= 0.3 is 0 Å². The van der Waals surface area contributed by atoms with E-state index >= 15 is 0 Å². The number of nitrogens with one attached hydrogen (secondary N) is 1. The summed E-state index contributed by atoms with van der Waals surface area (Å²) in [7, 11) is -3.64. The van der Waals surface area contributed by atoms with Crippen molar-refractivity contribution in [3.8, 4) is 0 Å². The van der Waals surface area contributed by atoms with Crippen LogP contribution in [0.1, 0.15) is 38.8 Å². The van der Waals surface area contributed by atoms with Gasteiger partial charge in [0.25, 0.3) is 0 Å². The molecule has 0 aliphatic carbocycles. The summed E-state index contributed by atoms with van der Waals surface area (Å²) in [6.07, 6.45) is 1.15. The summed E-state index contributed by atoms with van der Waals surface area (Å²) in [4.78, 5) is 2.55. The monoisotopic (exact) mass is 313 g/mol. The van der Waals surface area contributed by atoms with Gasteiger partial charge in [-0.2, -0.15) is 0 Å². The van der Waals surface area contributed by atoms with Gasteiger partial charge in [0, 0.05) is 19.1 Å². The number of hydrogen-bond acceptors (Lipinski definition) is 4. The first-order chi connectivity index (χ1) is 9.88. The number of nitrogens with two attached hydrogens (primary N) is 1. The molecule has 1 unspecified atom stereocenters. The number of nitrogens with zero attached hydrogens (tertiary/aromatic N) is 1. The van der Waals surface area contributed by atoms with Crippen molar-refractivity contribution in [1.82, 2.24) is 10.2 Å². The van der Waals surface area contributed by atoms with Gasteiger partial charge < -0.3 is 10.2 Å². The van der Waals surface area contributed by atoms with Crippen LogP contribution in [0, 0.1) is 0 Å². The molecule has 5 nitrogen and oxygen atoms in total. The van der Waals surface area contributed by atoms with Crippen LogP contribution in [0.2, 0.25) is 0 Å². The van der Waals surface area contributed by atoms with Gasteiger partial charge in [0.1, 0.15) is 0 Å². The SMILES string of the molecule is CCCN(CC)CCNC(C)c1cccc(S(N)(=O)=O)c1. The predicted molar refractivity (Wildman–Crippen MR) is 86.6 cm³/mol. The van der Waals surface area contributed by atoms with Crippen LogP contribution >= 0.6 is 0 Å². The van der Waals surface area contributed by atoms with Gasteiger partial charge in [0.2, 0.25) is 10.0 Å². The molecule has 1 rings (SSSR count). The summed E-state index contributed by atoms with van der Waals surface area (Å²) in [6.45, 7) is 10.4. The van der Waals surface area contributed by atoms with Gasteiger partial charge in [-0.25, -0.2) is 13.6 Å². The Bertz CT molecular complexity index is 531. The Balaban J connectivity index is 2.58. The fourth-order valence-corrected chi connectivity index (χ4v) is 2.83. The van der Waals surface area contributed by atoms with Crippen molar-refractivity contribution < 1.29 is 8.42 Å². The zero-order valence-electron chi connectivity index (χ0n) is 13.2. The summed E-state index contributed by atoms with van der Waals surface area (Å²) < 4.78 is 22.7. The number of rotatable bonds is 9. The van der Waals surface area contributed by atoms with E-state index in [4.69, 9.17) is 5.14 Å². The Hall–Kier alpha value is -0.950. The Morgan fingerprint density at radius 1 is 1.29 bits per heavy atom. The molecular weight excluding hydrogens is 286 g/mol. The Morgan fingerprint density at radius 3 is 2.57 bits per heavy atom. The van der Waals surface area contributed by atoms with Crippen LogP contribution in [-0.4, -0.2) is 39.5 Å². The maximum absolute atomic E-state index is 11.4. The second-order valence-electron chi connectivity index (χ2n) is 5.23. The maximum Gasteiger partial charge on any atom is 0.238 e. The minimum atomic E-state index is -3.64. The van der Waals surface area contributed by atoms with E-state index in [9.17, 15) is 8.42 Å². The van der Waals surface area contributed by atoms with Crippen molar-refractivity contribution in [2.24, 2.45) is 5.14 Å². The molecule has 0 radical (unpaired) electrons. The third kappa shape index (κ3) is 6.13. The molecule has 3 N–H and O–H groups in total. The van der Waals surface area contributed by atoms with E-state index in [0.717, 1.165) is 38.2 Å². The van der Waals surface area contributed by atoms with Gasteiger partial charge in [0.15, 0.2) is 0 Å². The average Bonchev–Trinajstić information content (AvgIpc) is 2.45. The number of hydrogen-bond donors (Lipinski definition) is 2. The fourth-order valence-electron chi connectivity index (χ4n) is 2.26. The molecule has 0 aliphatic rings. The highest BCUT2D eigenvalue weighted by atomic mass is 32.2. The van der Waals surface area contributed by atoms with Gasteiger partial charge in [-0.3, -0.25) is 0 Å². The smallest absolute Gasteiger partial charge is 0.238 e. The van der Waals surface area contributed by atoms with Gasteiger partial charge in [0.05, 0.1) is 4.90 Å². The summed E-state index contributed by atoms with van der Waals surface area (Å²) in [5.41, 5.74) is 0.931. The third-order valence-electron chi connectivity index (χ3n) is 3.55. The zero-order valence-corrected chi connectivity index (χ0v) is 14.0. The average molecular weight is 313 g/mol. The summed E-state index contributed by atoms with van der Waals surface area (Å²) in [5, 5.41) is 8.59. The van der Waals surface area contributed by atoms with E-state index in [-0.39, 0.29) is 10.9 Å². The number of benzene rings is 1. The lowest BCUT2D eigenvalue weighted by atomic mass is 10.1. The Labute approximate surface area is 128 Å². The van der Waals surface area contributed by atoms with Gasteiger partial charge in [-0.1, -0.05) is 26.0 Å². The van der Waals surface area contributed by atoms with Crippen LogP contribution in [0.25, 0.3) is 0 Å². The molecule has 6 heteroatoms. The second-order valence-corrected chi connectivity index (χ2v) is 6.79. The molecule has 0 bridgehead atoms. The largest absolute Gasteiger partial charge is 0.309 e. The van der Waals surface area contributed by atoms with E-state index in [1.165, 1.54) is 6.07 Å². The molecule has 1 atom stereocenters. The highest BCUT2D eigenvalue weighted by molar-refractivity contribution is 7.89. The molecule has 0 aliphatic heterocycles.